The van der Waals surface area contributed by atoms with E-state index in [1.807, 2.05) is 6.92 Å². The molecular formula is C16H24N2O2. The maximum atomic E-state index is 12.0. The summed E-state index contributed by atoms with van der Waals surface area (Å²) in [6, 6.07) is 0.646. The number of fused-ring (bicyclic) bond motifs is 3. The Labute approximate surface area is 120 Å². The fraction of sp³-hybridized carbons (Fsp3) is 0.812. The number of carbonyl (C=O) groups is 1. The van der Waals surface area contributed by atoms with Crippen molar-refractivity contribution < 1.29 is 9.53 Å². The first-order valence-electron chi connectivity index (χ1n) is 7.68. The summed E-state index contributed by atoms with van der Waals surface area (Å²) < 4.78 is 5.89. The summed E-state index contributed by atoms with van der Waals surface area (Å²) in [6.45, 7) is 6.63. The third-order valence-electron chi connectivity index (χ3n) is 7.37. The molecule has 0 aromatic heterocycles. The Balaban J connectivity index is 1.92. The highest BCUT2D eigenvalue weighted by Crippen LogP contribution is 2.69. The van der Waals surface area contributed by atoms with Gasteiger partial charge in [-0.25, -0.2) is 4.79 Å². The minimum Gasteiger partial charge on any atom is -0.436 e. The first kappa shape index (κ1) is 12.8. The van der Waals surface area contributed by atoms with Crippen LogP contribution in [0.25, 0.3) is 0 Å². The van der Waals surface area contributed by atoms with Gasteiger partial charge in [0.1, 0.15) is 0 Å². The van der Waals surface area contributed by atoms with Crippen molar-refractivity contribution in [2.75, 3.05) is 7.05 Å². The van der Waals surface area contributed by atoms with Crippen LogP contribution in [0.4, 0.5) is 0 Å². The molecule has 0 aromatic carbocycles. The van der Waals surface area contributed by atoms with E-state index in [2.05, 4.69) is 25.8 Å². The van der Waals surface area contributed by atoms with Crippen LogP contribution >= 0.6 is 0 Å². The quantitative estimate of drug-likeness (QED) is 0.685. The molecule has 5 atom stereocenters. The van der Waals surface area contributed by atoms with Crippen LogP contribution in [0.1, 0.15) is 46.5 Å². The Kier molecular flexibility index (Phi) is 2.12. The summed E-state index contributed by atoms with van der Waals surface area (Å²) >= 11 is 0. The molecule has 1 saturated carbocycles. The lowest BCUT2D eigenvalue weighted by molar-refractivity contribution is -0.198. The number of likely N-dealkylation sites (N-methyl/N-ethyl adjacent to an activating group) is 1. The standard InChI is InChI=1S/C16H24N2O2/c1-9-10-7-12-14(2)6-5-11(17)15(14,3)8-16(10,18(12)4)20-13(9)19/h11-12H,5-8,17H2,1-4H3/t11-,12-,14+,15+,16+/m0/s1. The molecule has 20 heavy (non-hydrogen) atoms. The second-order valence-electron chi connectivity index (χ2n) is 7.77. The normalized spacial score (nSPS) is 54.1. The predicted octanol–water partition coefficient (Wildman–Crippen LogP) is 1.80. The molecule has 0 radical (unpaired) electrons. The van der Waals surface area contributed by atoms with Gasteiger partial charge in [0.05, 0.1) is 0 Å². The van der Waals surface area contributed by atoms with Crippen molar-refractivity contribution in [3.05, 3.63) is 11.1 Å². The summed E-state index contributed by atoms with van der Waals surface area (Å²) in [5.74, 6) is -0.135. The Morgan fingerprint density at radius 1 is 1.35 bits per heavy atom. The number of carbonyl (C=O) groups excluding carboxylic acids is 1. The summed E-state index contributed by atoms with van der Waals surface area (Å²) in [5, 5.41) is 0. The van der Waals surface area contributed by atoms with Gasteiger partial charge in [-0.1, -0.05) is 13.8 Å². The highest BCUT2D eigenvalue weighted by Gasteiger charge is 2.72. The second kappa shape index (κ2) is 3.30. The molecule has 0 unspecified atom stereocenters. The second-order valence-corrected chi connectivity index (χ2v) is 7.77. The molecule has 3 aliphatic heterocycles. The van der Waals surface area contributed by atoms with Gasteiger partial charge in [-0.15, -0.1) is 0 Å². The van der Waals surface area contributed by atoms with E-state index in [4.69, 9.17) is 10.5 Å². The number of esters is 1. The third kappa shape index (κ3) is 1.05. The Hall–Kier alpha value is -0.870. The number of piperidine rings is 1. The lowest BCUT2D eigenvalue weighted by atomic mass is 9.58. The molecule has 4 aliphatic rings. The van der Waals surface area contributed by atoms with E-state index in [0.717, 1.165) is 24.8 Å². The van der Waals surface area contributed by atoms with E-state index in [1.165, 1.54) is 12.0 Å². The zero-order chi connectivity index (χ0) is 14.5. The Morgan fingerprint density at radius 3 is 2.75 bits per heavy atom. The van der Waals surface area contributed by atoms with Crippen molar-refractivity contribution in [1.29, 1.82) is 0 Å². The van der Waals surface area contributed by atoms with E-state index in [1.54, 1.807) is 0 Å². The van der Waals surface area contributed by atoms with Crippen molar-refractivity contribution in [2.24, 2.45) is 16.6 Å². The van der Waals surface area contributed by atoms with Gasteiger partial charge in [-0.2, -0.15) is 0 Å². The molecule has 0 aromatic rings. The molecule has 4 heteroatoms. The van der Waals surface area contributed by atoms with Crippen molar-refractivity contribution in [1.82, 2.24) is 4.90 Å². The Bertz CT molecular complexity index is 557. The molecule has 1 spiro atoms. The first-order valence-corrected chi connectivity index (χ1v) is 7.68. The molecule has 2 bridgehead atoms. The lowest BCUT2D eigenvalue weighted by Gasteiger charge is -2.57. The molecular weight excluding hydrogens is 252 g/mol. The van der Waals surface area contributed by atoms with Gasteiger partial charge in [0, 0.05) is 29.7 Å². The number of ether oxygens (including phenoxy) is 1. The number of rotatable bonds is 0. The van der Waals surface area contributed by atoms with Gasteiger partial charge < -0.3 is 10.5 Å². The third-order valence-corrected chi connectivity index (χ3v) is 7.37. The van der Waals surface area contributed by atoms with Crippen LogP contribution in [0.15, 0.2) is 11.1 Å². The van der Waals surface area contributed by atoms with Crippen molar-refractivity contribution in [3.63, 3.8) is 0 Å². The lowest BCUT2D eigenvalue weighted by Crippen LogP contribution is -2.64. The molecule has 4 nitrogen and oxygen atoms in total. The summed E-state index contributed by atoms with van der Waals surface area (Å²) in [4.78, 5) is 14.4. The van der Waals surface area contributed by atoms with Crippen LogP contribution in [0.3, 0.4) is 0 Å². The molecule has 0 amide bonds. The van der Waals surface area contributed by atoms with Gasteiger partial charge in [0.15, 0.2) is 5.72 Å². The van der Waals surface area contributed by atoms with Crippen LogP contribution in [0, 0.1) is 10.8 Å². The Morgan fingerprint density at radius 2 is 2.05 bits per heavy atom. The largest absolute Gasteiger partial charge is 0.436 e. The zero-order valence-electron chi connectivity index (χ0n) is 12.8. The van der Waals surface area contributed by atoms with Gasteiger partial charge >= 0.3 is 5.97 Å². The first-order chi connectivity index (χ1) is 9.26. The maximum absolute atomic E-state index is 12.0. The van der Waals surface area contributed by atoms with E-state index < -0.39 is 5.72 Å². The molecule has 3 heterocycles. The summed E-state index contributed by atoms with van der Waals surface area (Å²) in [5.41, 5.74) is 8.31. The zero-order valence-corrected chi connectivity index (χ0v) is 12.8. The van der Waals surface area contributed by atoms with E-state index in [0.29, 0.717) is 6.04 Å². The topological polar surface area (TPSA) is 55.6 Å². The number of nitrogens with two attached hydrogens (primary N) is 1. The molecule has 2 saturated heterocycles. The average molecular weight is 276 g/mol. The SMILES string of the molecule is CC1=C2C[C@@H]3N(C)[C@]2(C[C@]2(C)[C@@H](N)CC[C@]32C)OC1=O. The van der Waals surface area contributed by atoms with Crippen molar-refractivity contribution >= 4 is 5.97 Å². The summed E-state index contributed by atoms with van der Waals surface area (Å²) in [6.07, 6.45) is 4.07. The number of hydrogen-bond donors (Lipinski definition) is 1. The maximum Gasteiger partial charge on any atom is 0.335 e. The molecule has 1 aliphatic carbocycles. The average Bonchev–Trinajstić information content (AvgIpc) is 2.85. The van der Waals surface area contributed by atoms with Gasteiger partial charge in [-0.05, 0) is 44.1 Å². The number of nitrogens with zero attached hydrogens (tertiary/aromatic N) is 1. The van der Waals surface area contributed by atoms with E-state index in [9.17, 15) is 4.79 Å². The van der Waals surface area contributed by atoms with Crippen LogP contribution in [-0.4, -0.2) is 35.7 Å². The smallest absolute Gasteiger partial charge is 0.335 e. The fourth-order valence-corrected chi connectivity index (χ4v) is 5.67. The fourth-order valence-electron chi connectivity index (χ4n) is 5.67. The molecule has 4 rings (SSSR count). The van der Waals surface area contributed by atoms with Crippen molar-refractivity contribution in [3.8, 4) is 0 Å². The van der Waals surface area contributed by atoms with Crippen LogP contribution in [0.2, 0.25) is 0 Å². The van der Waals surface area contributed by atoms with E-state index in [-0.39, 0.29) is 22.8 Å². The van der Waals surface area contributed by atoms with Crippen LogP contribution < -0.4 is 5.73 Å². The van der Waals surface area contributed by atoms with E-state index >= 15 is 0 Å². The van der Waals surface area contributed by atoms with Gasteiger partial charge in [-0.3, -0.25) is 4.90 Å². The molecule has 2 N–H and O–H groups in total. The summed E-state index contributed by atoms with van der Waals surface area (Å²) in [7, 11) is 2.12. The molecule has 3 fully saturated rings. The van der Waals surface area contributed by atoms with Crippen LogP contribution in [0.5, 0.6) is 0 Å². The predicted molar refractivity (Wildman–Crippen MR) is 75.7 cm³/mol. The van der Waals surface area contributed by atoms with Crippen molar-refractivity contribution in [2.45, 2.75) is 64.3 Å². The number of hydrogen-bond acceptors (Lipinski definition) is 4. The van der Waals surface area contributed by atoms with Gasteiger partial charge in [0.2, 0.25) is 0 Å². The monoisotopic (exact) mass is 276 g/mol. The highest BCUT2D eigenvalue weighted by atomic mass is 16.6. The van der Waals surface area contributed by atoms with Crippen LogP contribution in [-0.2, 0) is 9.53 Å². The highest BCUT2D eigenvalue weighted by molar-refractivity contribution is 5.92. The minimum atomic E-state index is -0.498. The molecule has 110 valence electrons. The van der Waals surface area contributed by atoms with Gasteiger partial charge in [0.25, 0.3) is 0 Å². The minimum absolute atomic E-state index is 0.0524.